The molecule has 0 aliphatic carbocycles. The molecule has 0 saturated heterocycles. The number of sulfone groups is 1. The van der Waals surface area contributed by atoms with Crippen molar-refractivity contribution < 1.29 is 8.42 Å². The highest BCUT2D eigenvalue weighted by Crippen LogP contribution is 2.19. The lowest BCUT2D eigenvalue weighted by atomic mass is 10.1. The zero-order valence-corrected chi connectivity index (χ0v) is 14.9. The summed E-state index contributed by atoms with van der Waals surface area (Å²) in [7, 11) is -3.51. The predicted octanol–water partition coefficient (Wildman–Crippen LogP) is 1.49. The van der Waals surface area contributed by atoms with Gasteiger partial charge < -0.3 is 0 Å². The number of aromatic amines is 1. The Morgan fingerprint density at radius 3 is 2.87 bits per heavy atom. The average molecular weight is 398 g/mol. The standard InChI is InChI=1S/C15H16BrN3O3S/c1-23(21,22)15-17-13-5-6-19(9-12(13)14(20)18-15)8-10-3-2-4-11(16)7-10/h2-4,7H,5-6,8-9H2,1H3,(H,17,18,20). The van der Waals surface area contributed by atoms with Gasteiger partial charge in [0.1, 0.15) is 0 Å². The second kappa shape index (κ2) is 6.18. The fraction of sp³-hybridized carbons (Fsp3) is 0.333. The summed E-state index contributed by atoms with van der Waals surface area (Å²) in [6, 6.07) is 8.03. The average Bonchev–Trinajstić information content (AvgIpc) is 2.47. The van der Waals surface area contributed by atoms with Crippen LogP contribution in [-0.2, 0) is 29.3 Å². The minimum atomic E-state index is -3.51. The number of nitrogens with one attached hydrogen (secondary N) is 1. The van der Waals surface area contributed by atoms with E-state index < -0.39 is 9.84 Å². The van der Waals surface area contributed by atoms with Crippen molar-refractivity contribution in [1.29, 1.82) is 0 Å². The number of hydrogen-bond donors (Lipinski definition) is 1. The topological polar surface area (TPSA) is 83.1 Å². The van der Waals surface area contributed by atoms with Crippen LogP contribution in [0.5, 0.6) is 0 Å². The van der Waals surface area contributed by atoms with Gasteiger partial charge in [-0.3, -0.25) is 14.7 Å². The summed E-state index contributed by atoms with van der Waals surface area (Å²) in [5.41, 5.74) is 1.92. The zero-order chi connectivity index (χ0) is 16.6. The first kappa shape index (κ1) is 16.4. The lowest BCUT2D eigenvalue weighted by Crippen LogP contribution is -2.36. The number of fused-ring (bicyclic) bond motifs is 1. The van der Waals surface area contributed by atoms with Crippen molar-refractivity contribution in [3.05, 3.63) is 55.9 Å². The molecule has 0 fully saturated rings. The Morgan fingerprint density at radius 1 is 1.39 bits per heavy atom. The van der Waals surface area contributed by atoms with Gasteiger partial charge in [0.15, 0.2) is 0 Å². The molecule has 122 valence electrons. The number of H-pyrrole nitrogens is 1. The van der Waals surface area contributed by atoms with Crippen LogP contribution in [-0.4, -0.2) is 36.1 Å². The van der Waals surface area contributed by atoms with Crippen molar-refractivity contribution >= 4 is 25.8 Å². The maximum Gasteiger partial charge on any atom is 0.256 e. The minimum Gasteiger partial charge on any atom is -0.297 e. The van der Waals surface area contributed by atoms with Gasteiger partial charge in [0.05, 0.1) is 11.3 Å². The highest BCUT2D eigenvalue weighted by molar-refractivity contribution is 9.10. The molecular weight excluding hydrogens is 382 g/mol. The third-order valence-electron chi connectivity index (χ3n) is 3.77. The quantitative estimate of drug-likeness (QED) is 0.793. The monoisotopic (exact) mass is 397 g/mol. The van der Waals surface area contributed by atoms with E-state index >= 15 is 0 Å². The van der Waals surface area contributed by atoms with Gasteiger partial charge in [-0.15, -0.1) is 0 Å². The lowest BCUT2D eigenvalue weighted by Gasteiger charge is -2.27. The molecule has 1 aromatic heterocycles. The van der Waals surface area contributed by atoms with Crippen LogP contribution in [0.2, 0.25) is 0 Å². The van der Waals surface area contributed by atoms with Gasteiger partial charge in [-0.25, -0.2) is 13.4 Å². The van der Waals surface area contributed by atoms with E-state index in [0.717, 1.165) is 29.4 Å². The molecule has 23 heavy (non-hydrogen) atoms. The lowest BCUT2D eigenvalue weighted by molar-refractivity contribution is 0.241. The molecule has 0 radical (unpaired) electrons. The summed E-state index contributed by atoms with van der Waals surface area (Å²) in [5, 5.41) is -0.248. The summed E-state index contributed by atoms with van der Waals surface area (Å²) in [6.45, 7) is 1.93. The first-order chi connectivity index (χ1) is 10.8. The molecule has 2 heterocycles. The van der Waals surface area contributed by atoms with Crippen molar-refractivity contribution in [2.75, 3.05) is 12.8 Å². The molecule has 0 atom stereocenters. The highest BCUT2D eigenvalue weighted by Gasteiger charge is 2.23. The maximum absolute atomic E-state index is 12.2. The van der Waals surface area contributed by atoms with Gasteiger partial charge >= 0.3 is 0 Å². The third-order valence-corrected chi connectivity index (χ3v) is 5.16. The van der Waals surface area contributed by atoms with E-state index in [9.17, 15) is 13.2 Å². The minimum absolute atomic E-state index is 0.248. The molecule has 8 heteroatoms. The molecule has 1 N–H and O–H groups in total. The third kappa shape index (κ3) is 3.70. The Bertz CT molecular complexity index is 908. The summed E-state index contributed by atoms with van der Waals surface area (Å²) in [6.07, 6.45) is 1.61. The molecule has 1 aliphatic rings. The molecular formula is C15H16BrN3O3S. The fourth-order valence-corrected chi connectivity index (χ4v) is 3.66. The van der Waals surface area contributed by atoms with E-state index in [1.54, 1.807) is 0 Å². The molecule has 0 bridgehead atoms. The van der Waals surface area contributed by atoms with E-state index in [4.69, 9.17) is 0 Å². The first-order valence-electron chi connectivity index (χ1n) is 7.12. The molecule has 1 aromatic carbocycles. The molecule has 0 amide bonds. The molecule has 0 saturated carbocycles. The number of halogens is 1. The van der Waals surface area contributed by atoms with Gasteiger partial charge in [0, 0.05) is 36.8 Å². The predicted molar refractivity (Wildman–Crippen MR) is 89.9 cm³/mol. The van der Waals surface area contributed by atoms with Crippen LogP contribution in [0.25, 0.3) is 0 Å². The number of nitrogens with zero attached hydrogens (tertiary/aromatic N) is 2. The smallest absolute Gasteiger partial charge is 0.256 e. The number of rotatable bonds is 3. The van der Waals surface area contributed by atoms with Gasteiger partial charge in [0.2, 0.25) is 15.0 Å². The fourth-order valence-electron chi connectivity index (χ4n) is 2.66. The second-order valence-corrected chi connectivity index (χ2v) is 8.51. The summed E-state index contributed by atoms with van der Waals surface area (Å²) in [4.78, 5) is 20.8. The SMILES string of the molecule is CS(=O)(=O)c1nc2c(c(=O)[nH]1)CN(Cc1cccc(Br)c1)CC2. The summed E-state index contributed by atoms with van der Waals surface area (Å²) >= 11 is 3.45. The Hall–Kier alpha value is -1.51. The van der Waals surface area contributed by atoms with Crippen molar-refractivity contribution in [2.24, 2.45) is 0 Å². The molecule has 6 nitrogen and oxygen atoms in total. The summed E-state index contributed by atoms with van der Waals surface area (Å²) < 4.78 is 24.1. The van der Waals surface area contributed by atoms with Gasteiger partial charge in [-0.1, -0.05) is 28.1 Å². The molecule has 1 aliphatic heterocycles. The van der Waals surface area contributed by atoms with E-state index in [-0.39, 0.29) is 10.7 Å². The normalized spacial score (nSPS) is 15.4. The van der Waals surface area contributed by atoms with Crippen molar-refractivity contribution in [3.63, 3.8) is 0 Å². The van der Waals surface area contributed by atoms with Gasteiger partial charge in [-0.2, -0.15) is 0 Å². The van der Waals surface area contributed by atoms with Crippen LogP contribution in [0.3, 0.4) is 0 Å². The Morgan fingerprint density at radius 2 is 2.17 bits per heavy atom. The second-order valence-electron chi connectivity index (χ2n) is 5.66. The van der Waals surface area contributed by atoms with Crippen LogP contribution >= 0.6 is 15.9 Å². The van der Waals surface area contributed by atoms with Gasteiger partial charge in [0.25, 0.3) is 5.56 Å². The van der Waals surface area contributed by atoms with E-state index in [1.165, 1.54) is 0 Å². The number of hydrogen-bond acceptors (Lipinski definition) is 5. The Kier molecular flexibility index (Phi) is 4.39. The molecule has 0 spiro atoms. The van der Waals surface area contributed by atoms with Crippen molar-refractivity contribution in [3.8, 4) is 0 Å². The first-order valence-corrected chi connectivity index (χ1v) is 9.80. The molecule has 3 rings (SSSR count). The van der Waals surface area contributed by atoms with Crippen LogP contribution < -0.4 is 5.56 Å². The van der Waals surface area contributed by atoms with Gasteiger partial charge in [-0.05, 0) is 17.7 Å². The van der Waals surface area contributed by atoms with Crippen LogP contribution in [0.4, 0.5) is 0 Å². The van der Waals surface area contributed by atoms with Crippen molar-refractivity contribution in [1.82, 2.24) is 14.9 Å². The zero-order valence-electron chi connectivity index (χ0n) is 12.5. The summed E-state index contributed by atoms with van der Waals surface area (Å²) in [5.74, 6) is 0. The van der Waals surface area contributed by atoms with E-state index in [1.807, 2.05) is 24.3 Å². The largest absolute Gasteiger partial charge is 0.297 e. The van der Waals surface area contributed by atoms with Crippen LogP contribution in [0, 0.1) is 0 Å². The van der Waals surface area contributed by atoms with Crippen molar-refractivity contribution in [2.45, 2.75) is 24.7 Å². The highest BCUT2D eigenvalue weighted by atomic mass is 79.9. The van der Waals surface area contributed by atoms with Crippen LogP contribution in [0.1, 0.15) is 16.8 Å². The van der Waals surface area contributed by atoms with E-state index in [0.29, 0.717) is 24.2 Å². The number of benzene rings is 1. The molecule has 0 unspecified atom stereocenters. The number of aromatic nitrogens is 2. The Labute approximate surface area is 142 Å². The molecule has 2 aromatic rings. The van der Waals surface area contributed by atoms with Crippen LogP contribution in [0.15, 0.2) is 38.7 Å². The Balaban J connectivity index is 1.85. The van der Waals surface area contributed by atoms with E-state index in [2.05, 4.69) is 30.8 Å². The maximum atomic E-state index is 12.2.